The summed E-state index contributed by atoms with van der Waals surface area (Å²) in [5.41, 5.74) is 3.46. The van der Waals surface area contributed by atoms with Crippen LogP contribution in [0.4, 0.5) is 11.4 Å². The fraction of sp³-hybridized carbons (Fsp3) is 0.333. The van der Waals surface area contributed by atoms with Crippen LogP contribution in [-0.2, 0) is 11.2 Å². The summed E-state index contributed by atoms with van der Waals surface area (Å²) >= 11 is 0. The molecule has 0 saturated carbocycles. The molecule has 1 saturated heterocycles. The van der Waals surface area contributed by atoms with Crippen molar-refractivity contribution in [1.82, 2.24) is 4.98 Å². The minimum Gasteiger partial charge on any atom is -0.378 e. The Balaban J connectivity index is 1.71. The Morgan fingerprint density at radius 1 is 1.22 bits per heavy atom. The molecule has 0 radical (unpaired) electrons. The summed E-state index contributed by atoms with van der Waals surface area (Å²) in [4.78, 5) is 18.8. The maximum absolute atomic E-state index is 12.4. The highest BCUT2D eigenvalue weighted by molar-refractivity contribution is 6.03. The second kappa shape index (κ2) is 7.24. The number of aromatic nitrogens is 1. The first-order valence-corrected chi connectivity index (χ1v) is 7.95. The molecule has 1 fully saturated rings. The van der Waals surface area contributed by atoms with Gasteiger partial charge in [0.25, 0.3) is 5.91 Å². The third kappa shape index (κ3) is 3.87. The van der Waals surface area contributed by atoms with Gasteiger partial charge >= 0.3 is 0 Å². The van der Waals surface area contributed by atoms with E-state index in [1.54, 1.807) is 6.20 Å². The summed E-state index contributed by atoms with van der Waals surface area (Å²) in [6, 6.07) is 11.6. The third-order valence-electron chi connectivity index (χ3n) is 3.97. The molecular weight excluding hydrogens is 290 g/mol. The van der Waals surface area contributed by atoms with E-state index in [-0.39, 0.29) is 5.91 Å². The van der Waals surface area contributed by atoms with Gasteiger partial charge in [-0.25, -0.2) is 0 Å². The van der Waals surface area contributed by atoms with Crippen LogP contribution < -0.4 is 10.2 Å². The van der Waals surface area contributed by atoms with Crippen LogP contribution in [0.15, 0.2) is 42.6 Å². The minimum absolute atomic E-state index is 0.190. The zero-order valence-electron chi connectivity index (χ0n) is 13.3. The van der Waals surface area contributed by atoms with Crippen molar-refractivity contribution in [2.75, 3.05) is 36.5 Å². The lowest BCUT2D eigenvalue weighted by molar-refractivity contribution is 0.102. The normalized spacial score (nSPS) is 14.6. The Kier molecular flexibility index (Phi) is 4.88. The van der Waals surface area contributed by atoms with Crippen molar-refractivity contribution in [2.24, 2.45) is 0 Å². The summed E-state index contributed by atoms with van der Waals surface area (Å²) in [7, 11) is 0. The van der Waals surface area contributed by atoms with E-state index in [1.165, 1.54) is 5.56 Å². The highest BCUT2D eigenvalue weighted by Gasteiger charge is 2.14. The summed E-state index contributed by atoms with van der Waals surface area (Å²) in [5, 5.41) is 2.90. The van der Waals surface area contributed by atoms with Crippen molar-refractivity contribution in [3.8, 4) is 0 Å². The van der Waals surface area contributed by atoms with Crippen LogP contribution >= 0.6 is 0 Å². The van der Waals surface area contributed by atoms with E-state index in [1.807, 2.05) is 36.4 Å². The molecular formula is C18H21N3O2. The van der Waals surface area contributed by atoms with Gasteiger partial charge in [-0.1, -0.05) is 19.1 Å². The summed E-state index contributed by atoms with van der Waals surface area (Å²) < 4.78 is 5.36. The third-order valence-corrected chi connectivity index (χ3v) is 3.97. The number of nitrogens with zero attached hydrogens (tertiary/aromatic N) is 2. The number of carbonyl (C=O) groups excluding carboxylic acids is 1. The molecule has 5 heteroatoms. The molecule has 1 aromatic carbocycles. The predicted molar refractivity (Wildman–Crippen MR) is 91.0 cm³/mol. The number of aryl methyl sites for hydroxylation is 1. The molecule has 5 nitrogen and oxygen atoms in total. The number of carbonyl (C=O) groups is 1. The van der Waals surface area contributed by atoms with Crippen LogP contribution in [0.2, 0.25) is 0 Å². The molecule has 0 bridgehead atoms. The molecule has 23 heavy (non-hydrogen) atoms. The van der Waals surface area contributed by atoms with Gasteiger partial charge < -0.3 is 15.0 Å². The summed E-state index contributed by atoms with van der Waals surface area (Å²) in [6.07, 6.45) is 2.66. The Morgan fingerprint density at radius 2 is 1.96 bits per heavy atom. The van der Waals surface area contributed by atoms with E-state index in [2.05, 4.69) is 22.1 Å². The lowest BCUT2D eigenvalue weighted by atomic mass is 10.1. The first-order valence-electron chi connectivity index (χ1n) is 7.95. The summed E-state index contributed by atoms with van der Waals surface area (Å²) in [5.74, 6) is -0.190. The zero-order chi connectivity index (χ0) is 16.1. The number of hydrogen-bond acceptors (Lipinski definition) is 4. The van der Waals surface area contributed by atoms with Crippen LogP contribution in [0.25, 0.3) is 0 Å². The van der Waals surface area contributed by atoms with Gasteiger partial charge in [0.05, 0.1) is 13.2 Å². The predicted octanol–water partition coefficient (Wildman–Crippen LogP) is 2.73. The number of pyridine rings is 1. The molecule has 1 amide bonds. The van der Waals surface area contributed by atoms with Crippen LogP contribution in [-0.4, -0.2) is 37.2 Å². The molecule has 2 aromatic rings. The van der Waals surface area contributed by atoms with Gasteiger partial charge in [0.1, 0.15) is 5.69 Å². The van der Waals surface area contributed by atoms with E-state index >= 15 is 0 Å². The van der Waals surface area contributed by atoms with Gasteiger partial charge in [0, 0.05) is 30.7 Å². The van der Waals surface area contributed by atoms with Crippen molar-refractivity contribution in [2.45, 2.75) is 13.3 Å². The maximum Gasteiger partial charge on any atom is 0.274 e. The molecule has 0 atom stereocenters. The quantitative estimate of drug-likeness (QED) is 0.943. The van der Waals surface area contributed by atoms with Crippen LogP contribution in [0.3, 0.4) is 0 Å². The van der Waals surface area contributed by atoms with E-state index in [0.717, 1.165) is 30.9 Å². The van der Waals surface area contributed by atoms with Gasteiger partial charge in [-0.05, 0) is 36.2 Å². The van der Waals surface area contributed by atoms with Gasteiger partial charge in [-0.15, -0.1) is 0 Å². The Morgan fingerprint density at radius 3 is 2.65 bits per heavy atom. The highest BCUT2D eigenvalue weighted by Crippen LogP contribution is 2.17. The lowest BCUT2D eigenvalue weighted by Gasteiger charge is -2.28. The van der Waals surface area contributed by atoms with Gasteiger partial charge in [-0.3, -0.25) is 9.78 Å². The lowest BCUT2D eigenvalue weighted by Crippen LogP contribution is -2.36. The van der Waals surface area contributed by atoms with Crippen LogP contribution in [0.1, 0.15) is 23.0 Å². The first kappa shape index (κ1) is 15.5. The number of anilines is 2. The number of hydrogen-bond donors (Lipinski definition) is 1. The largest absolute Gasteiger partial charge is 0.378 e. The Hall–Kier alpha value is -2.40. The van der Waals surface area contributed by atoms with Crippen molar-refractivity contribution < 1.29 is 9.53 Å². The molecule has 1 aliphatic heterocycles. The fourth-order valence-electron chi connectivity index (χ4n) is 2.58. The standard InChI is InChI=1S/C18H21N3O2/c1-2-14-3-5-15(6-4-14)20-18(22)17-13-16(7-8-19-17)21-9-11-23-12-10-21/h3-8,13H,2,9-12H2,1H3,(H,20,22). The number of ether oxygens (including phenoxy) is 1. The van der Waals surface area contributed by atoms with E-state index in [4.69, 9.17) is 4.74 Å². The topological polar surface area (TPSA) is 54.5 Å². The summed E-state index contributed by atoms with van der Waals surface area (Å²) in [6.45, 7) is 5.21. The average molecular weight is 311 g/mol. The molecule has 0 aliphatic carbocycles. The molecule has 0 unspecified atom stereocenters. The zero-order valence-corrected chi connectivity index (χ0v) is 13.3. The minimum atomic E-state index is -0.190. The van der Waals surface area contributed by atoms with Crippen molar-refractivity contribution >= 4 is 17.3 Å². The molecule has 0 spiro atoms. The van der Waals surface area contributed by atoms with Gasteiger partial charge in [0.2, 0.25) is 0 Å². The number of nitrogens with one attached hydrogen (secondary N) is 1. The number of benzene rings is 1. The average Bonchev–Trinajstić information content (AvgIpc) is 2.63. The van der Waals surface area contributed by atoms with Gasteiger partial charge in [0.15, 0.2) is 0 Å². The molecule has 1 aliphatic rings. The SMILES string of the molecule is CCc1ccc(NC(=O)c2cc(N3CCOCC3)ccn2)cc1. The molecule has 1 aromatic heterocycles. The number of rotatable bonds is 4. The monoisotopic (exact) mass is 311 g/mol. The van der Waals surface area contributed by atoms with Crippen molar-refractivity contribution in [3.05, 3.63) is 53.9 Å². The highest BCUT2D eigenvalue weighted by atomic mass is 16.5. The van der Waals surface area contributed by atoms with E-state index < -0.39 is 0 Å². The van der Waals surface area contributed by atoms with Gasteiger partial charge in [-0.2, -0.15) is 0 Å². The number of amides is 1. The first-order chi connectivity index (χ1) is 11.3. The Labute approximate surface area is 136 Å². The van der Waals surface area contributed by atoms with Crippen molar-refractivity contribution in [3.63, 3.8) is 0 Å². The second-order valence-electron chi connectivity index (χ2n) is 5.50. The molecule has 120 valence electrons. The van der Waals surface area contributed by atoms with E-state index in [0.29, 0.717) is 18.9 Å². The molecule has 2 heterocycles. The van der Waals surface area contributed by atoms with Crippen LogP contribution in [0, 0.1) is 0 Å². The van der Waals surface area contributed by atoms with Crippen LogP contribution in [0.5, 0.6) is 0 Å². The van der Waals surface area contributed by atoms with Crippen molar-refractivity contribution in [1.29, 1.82) is 0 Å². The Bertz CT molecular complexity index is 664. The smallest absolute Gasteiger partial charge is 0.274 e. The maximum atomic E-state index is 12.4. The molecule has 3 rings (SSSR count). The second-order valence-corrected chi connectivity index (χ2v) is 5.50. The fourth-order valence-corrected chi connectivity index (χ4v) is 2.58. The molecule has 1 N–H and O–H groups in total. The van der Waals surface area contributed by atoms with E-state index in [9.17, 15) is 4.79 Å². The number of morpholine rings is 1.